The number of aromatic nitrogens is 2. The number of carbonyl (C=O) groups excluding carboxylic acids is 1. The van der Waals surface area contributed by atoms with Gasteiger partial charge in [-0.15, -0.1) is 10.2 Å². The van der Waals surface area contributed by atoms with Crippen molar-refractivity contribution < 1.29 is 22.7 Å². The van der Waals surface area contributed by atoms with Gasteiger partial charge in [0.15, 0.2) is 11.5 Å². The van der Waals surface area contributed by atoms with Gasteiger partial charge in [0.1, 0.15) is 5.60 Å². The van der Waals surface area contributed by atoms with Gasteiger partial charge in [0, 0.05) is 26.2 Å². The van der Waals surface area contributed by atoms with Crippen molar-refractivity contribution in [2.75, 3.05) is 31.1 Å². The number of alkyl halides is 3. The van der Waals surface area contributed by atoms with Crippen LogP contribution in [0.25, 0.3) is 0 Å². The Kier molecular flexibility index (Phi) is 4.98. The van der Waals surface area contributed by atoms with Crippen LogP contribution in [0.3, 0.4) is 0 Å². The third-order valence-corrected chi connectivity index (χ3v) is 5.18. The molecular formula is C18H25F3N4O2. The average Bonchev–Trinajstić information content (AvgIpc) is 2.97. The van der Waals surface area contributed by atoms with Crippen LogP contribution in [0.2, 0.25) is 0 Å². The standard InChI is InChI=1S/C18H25F3N4O2/c1-16(2,3)27-15(26)24-9-6-17(7-10-24)8-11-25(12-17)14-5-4-13(22-23-14)18(19,20)21/h4-5H,6-12H2,1-3H3. The third kappa shape index (κ3) is 4.62. The van der Waals surface area contributed by atoms with Gasteiger partial charge in [-0.3, -0.25) is 0 Å². The lowest BCUT2D eigenvalue weighted by molar-refractivity contribution is -0.141. The number of anilines is 1. The number of rotatable bonds is 1. The Morgan fingerprint density at radius 2 is 1.70 bits per heavy atom. The van der Waals surface area contributed by atoms with Crippen LogP contribution >= 0.6 is 0 Å². The minimum absolute atomic E-state index is 0.0584. The molecule has 0 N–H and O–H groups in total. The molecule has 0 saturated carbocycles. The quantitative estimate of drug-likeness (QED) is 0.736. The molecule has 2 aliphatic rings. The fourth-order valence-electron chi connectivity index (χ4n) is 3.67. The monoisotopic (exact) mass is 386 g/mol. The number of halogens is 3. The van der Waals surface area contributed by atoms with Crippen LogP contribution in [0.15, 0.2) is 12.1 Å². The van der Waals surface area contributed by atoms with Gasteiger partial charge in [-0.25, -0.2) is 4.79 Å². The first-order valence-electron chi connectivity index (χ1n) is 9.11. The molecule has 1 amide bonds. The lowest BCUT2D eigenvalue weighted by Gasteiger charge is -2.39. The summed E-state index contributed by atoms with van der Waals surface area (Å²) in [5, 5.41) is 7.07. The molecule has 2 saturated heterocycles. The highest BCUT2D eigenvalue weighted by Crippen LogP contribution is 2.41. The second-order valence-corrected chi connectivity index (χ2v) is 8.41. The number of carbonyl (C=O) groups is 1. The van der Waals surface area contributed by atoms with E-state index in [-0.39, 0.29) is 11.5 Å². The Bertz CT molecular complexity index is 677. The zero-order valence-corrected chi connectivity index (χ0v) is 15.8. The fourth-order valence-corrected chi connectivity index (χ4v) is 3.67. The number of nitrogens with zero attached hydrogens (tertiary/aromatic N) is 4. The predicted molar refractivity (Wildman–Crippen MR) is 93.3 cm³/mol. The van der Waals surface area contributed by atoms with Gasteiger partial charge in [-0.1, -0.05) is 0 Å². The molecule has 3 rings (SSSR count). The summed E-state index contributed by atoms with van der Waals surface area (Å²) in [4.78, 5) is 15.9. The molecule has 6 nitrogen and oxygen atoms in total. The molecule has 0 atom stereocenters. The van der Waals surface area contributed by atoms with Gasteiger partial charge in [-0.05, 0) is 57.6 Å². The number of hydrogen-bond donors (Lipinski definition) is 0. The third-order valence-electron chi connectivity index (χ3n) is 5.18. The van der Waals surface area contributed by atoms with E-state index >= 15 is 0 Å². The van der Waals surface area contributed by atoms with E-state index in [1.54, 1.807) is 4.90 Å². The van der Waals surface area contributed by atoms with Crippen LogP contribution in [0.1, 0.15) is 45.7 Å². The Morgan fingerprint density at radius 3 is 2.22 bits per heavy atom. The van der Waals surface area contributed by atoms with Crippen LogP contribution in [-0.2, 0) is 10.9 Å². The number of piperidine rings is 1. The summed E-state index contributed by atoms with van der Waals surface area (Å²) in [7, 11) is 0. The van der Waals surface area contributed by atoms with Gasteiger partial charge < -0.3 is 14.5 Å². The minimum Gasteiger partial charge on any atom is -0.444 e. The predicted octanol–water partition coefficient (Wildman–Crippen LogP) is 3.72. The molecule has 0 aromatic carbocycles. The first-order valence-corrected chi connectivity index (χ1v) is 9.11. The summed E-state index contributed by atoms with van der Waals surface area (Å²) in [6.45, 7) is 8.23. The molecule has 2 fully saturated rings. The number of ether oxygens (including phenoxy) is 1. The largest absolute Gasteiger partial charge is 0.444 e. The van der Waals surface area contributed by atoms with Gasteiger partial charge in [0.05, 0.1) is 0 Å². The lowest BCUT2D eigenvalue weighted by Crippen LogP contribution is -2.46. The van der Waals surface area contributed by atoms with Crippen LogP contribution in [0.4, 0.5) is 23.8 Å². The molecule has 150 valence electrons. The van der Waals surface area contributed by atoms with E-state index in [1.165, 1.54) is 6.07 Å². The number of hydrogen-bond acceptors (Lipinski definition) is 5. The van der Waals surface area contributed by atoms with E-state index in [0.29, 0.717) is 18.9 Å². The molecule has 9 heteroatoms. The zero-order chi connectivity index (χ0) is 19.9. The van der Waals surface area contributed by atoms with Gasteiger partial charge in [-0.2, -0.15) is 13.2 Å². The zero-order valence-electron chi connectivity index (χ0n) is 15.8. The van der Waals surface area contributed by atoms with E-state index in [0.717, 1.165) is 38.4 Å². The van der Waals surface area contributed by atoms with Crippen LogP contribution < -0.4 is 4.90 Å². The van der Waals surface area contributed by atoms with E-state index in [4.69, 9.17) is 4.74 Å². The molecule has 0 bridgehead atoms. The van der Waals surface area contributed by atoms with E-state index in [9.17, 15) is 18.0 Å². The first kappa shape index (κ1) is 19.7. The van der Waals surface area contributed by atoms with Gasteiger partial charge in [0.2, 0.25) is 0 Å². The van der Waals surface area contributed by atoms with Crippen LogP contribution in [0.5, 0.6) is 0 Å². The van der Waals surface area contributed by atoms with E-state index in [2.05, 4.69) is 10.2 Å². The SMILES string of the molecule is CC(C)(C)OC(=O)N1CCC2(CC1)CCN(c1ccc(C(F)(F)F)nn1)C2. The van der Waals surface area contributed by atoms with Crippen molar-refractivity contribution in [1.82, 2.24) is 15.1 Å². The number of likely N-dealkylation sites (tertiary alicyclic amines) is 1. The highest BCUT2D eigenvalue weighted by Gasteiger charge is 2.42. The number of amides is 1. The maximum Gasteiger partial charge on any atom is 0.435 e. The fraction of sp³-hybridized carbons (Fsp3) is 0.722. The Labute approximate surface area is 156 Å². The van der Waals surface area contributed by atoms with Crippen molar-refractivity contribution in [2.45, 2.75) is 51.8 Å². The smallest absolute Gasteiger partial charge is 0.435 e. The summed E-state index contributed by atoms with van der Waals surface area (Å²) < 4.78 is 43.3. The molecule has 2 aliphatic heterocycles. The maximum atomic E-state index is 12.6. The summed E-state index contributed by atoms with van der Waals surface area (Å²) >= 11 is 0. The second kappa shape index (κ2) is 6.83. The van der Waals surface area contributed by atoms with Crippen molar-refractivity contribution in [2.24, 2.45) is 5.41 Å². The molecule has 0 radical (unpaired) electrons. The Hall–Kier alpha value is -2.06. The van der Waals surface area contributed by atoms with Crippen molar-refractivity contribution in [3.8, 4) is 0 Å². The summed E-state index contributed by atoms with van der Waals surface area (Å²) in [5.74, 6) is 0.467. The first-order chi connectivity index (χ1) is 12.5. The van der Waals surface area contributed by atoms with E-state index in [1.807, 2.05) is 25.7 Å². The van der Waals surface area contributed by atoms with Crippen LogP contribution in [0, 0.1) is 5.41 Å². The lowest BCUT2D eigenvalue weighted by atomic mass is 9.78. The van der Waals surface area contributed by atoms with Crippen LogP contribution in [-0.4, -0.2) is 53.0 Å². The van der Waals surface area contributed by atoms with Crippen molar-refractivity contribution in [3.05, 3.63) is 17.8 Å². The van der Waals surface area contributed by atoms with Gasteiger partial charge in [0.25, 0.3) is 0 Å². The molecular weight excluding hydrogens is 361 g/mol. The van der Waals surface area contributed by atoms with Crippen molar-refractivity contribution in [3.63, 3.8) is 0 Å². The molecule has 1 aromatic rings. The van der Waals surface area contributed by atoms with Gasteiger partial charge >= 0.3 is 12.3 Å². The Morgan fingerprint density at radius 1 is 1.07 bits per heavy atom. The summed E-state index contributed by atoms with van der Waals surface area (Å²) in [6, 6.07) is 2.35. The molecule has 1 aromatic heterocycles. The Balaban J connectivity index is 1.58. The maximum absolute atomic E-state index is 12.6. The second-order valence-electron chi connectivity index (χ2n) is 8.41. The molecule has 3 heterocycles. The highest BCUT2D eigenvalue weighted by molar-refractivity contribution is 5.68. The molecule has 1 spiro atoms. The minimum atomic E-state index is -4.48. The normalized spacial score (nSPS) is 20.2. The van der Waals surface area contributed by atoms with Crippen molar-refractivity contribution in [1.29, 1.82) is 0 Å². The molecule has 0 unspecified atom stereocenters. The summed E-state index contributed by atoms with van der Waals surface area (Å²) in [6.07, 6.45) is -2.15. The topological polar surface area (TPSA) is 58.6 Å². The van der Waals surface area contributed by atoms with Crippen molar-refractivity contribution >= 4 is 11.9 Å². The molecule has 0 aliphatic carbocycles. The summed E-state index contributed by atoms with van der Waals surface area (Å²) in [5.41, 5.74) is -1.44. The molecule has 27 heavy (non-hydrogen) atoms. The average molecular weight is 386 g/mol. The van der Waals surface area contributed by atoms with E-state index < -0.39 is 17.5 Å². The highest BCUT2D eigenvalue weighted by atomic mass is 19.4.